The van der Waals surface area contributed by atoms with Crippen LogP contribution in [0.4, 0.5) is 4.39 Å². The van der Waals surface area contributed by atoms with Crippen molar-refractivity contribution in [2.75, 3.05) is 0 Å². The number of phenolic OH excluding ortho intramolecular Hbond substituents is 1. The maximum atomic E-state index is 12.2. The molecule has 0 bridgehead atoms. The van der Waals surface area contributed by atoms with Gasteiger partial charge >= 0.3 is 0 Å². The predicted octanol–water partition coefficient (Wildman–Crippen LogP) is 1.82. The number of hydrogen-bond donors (Lipinski definition) is 2. The third kappa shape index (κ3) is 1.61. The van der Waals surface area contributed by atoms with E-state index < -0.39 is 5.82 Å². The van der Waals surface area contributed by atoms with Crippen LogP contribution >= 0.6 is 12.6 Å². The summed E-state index contributed by atoms with van der Waals surface area (Å²) in [5, 5.41) is 8.70. The lowest BCUT2D eigenvalue weighted by Gasteiger charge is -1.92. The Morgan fingerprint density at radius 2 is 2.00 bits per heavy atom. The minimum Gasteiger partial charge on any atom is -0.508 e. The van der Waals surface area contributed by atoms with Crippen molar-refractivity contribution in [1.29, 1.82) is 0 Å². The third-order valence-electron chi connectivity index (χ3n) is 0.867. The van der Waals surface area contributed by atoms with Gasteiger partial charge in [0.1, 0.15) is 11.6 Å². The summed E-state index contributed by atoms with van der Waals surface area (Å²) in [6.07, 6.45) is 0. The SMILES string of the molecule is Oc1cc(F)cc(S)c1. The molecule has 0 fully saturated rings. The van der Waals surface area contributed by atoms with E-state index in [4.69, 9.17) is 5.11 Å². The van der Waals surface area contributed by atoms with Gasteiger partial charge in [0.05, 0.1) is 0 Å². The standard InChI is InChI=1S/C6H5FOS/c7-4-1-5(8)3-6(9)2-4/h1-3,8-9H. The van der Waals surface area contributed by atoms with Gasteiger partial charge in [0, 0.05) is 11.0 Å². The number of phenols is 1. The molecule has 0 saturated carbocycles. The molecule has 0 unspecified atom stereocenters. The maximum absolute atomic E-state index is 12.2. The van der Waals surface area contributed by atoms with Gasteiger partial charge in [-0.05, 0) is 12.1 Å². The van der Waals surface area contributed by atoms with Crippen LogP contribution in [0.2, 0.25) is 0 Å². The highest BCUT2D eigenvalue weighted by atomic mass is 32.1. The van der Waals surface area contributed by atoms with Gasteiger partial charge in [-0.3, -0.25) is 0 Å². The van der Waals surface area contributed by atoms with E-state index in [1.807, 2.05) is 0 Å². The van der Waals surface area contributed by atoms with Crippen LogP contribution in [-0.4, -0.2) is 5.11 Å². The second-order valence-electron chi connectivity index (χ2n) is 1.67. The van der Waals surface area contributed by atoms with Crippen molar-refractivity contribution in [1.82, 2.24) is 0 Å². The van der Waals surface area contributed by atoms with Crippen molar-refractivity contribution in [3.8, 4) is 5.75 Å². The molecule has 48 valence electrons. The summed E-state index contributed by atoms with van der Waals surface area (Å²) in [4.78, 5) is 0.424. The number of halogens is 1. The highest BCUT2D eigenvalue weighted by Crippen LogP contribution is 2.16. The summed E-state index contributed by atoms with van der Waals surface area (Å²) in [6.45, 7) is 0. The zero-order valence-corrected chi connectivity index (χ0v) is 5.40. The van der Waals surface area contributed by atoms with Crippen LogP contribution in [0.15, 0.2) is 23.1 Å². The second kappa shape index (κ2) is 2.27. The summed E-state index contributed by atoms with van der Waals surface area (Å²) in [6, 6.07) is 3.62. The molecular formula is C6H5FOS. The molecular weight excluding hydrogens is 139 g/mol. The molecule has 0 atom stereocenters. The van der Waals surface area contributed by atoms with Crippen LogP contribution in [0.25, 0.3) is 0 Å². The third-order valence-corrected chi connectivity index (χ3v) is 1.13. The van der Waals surface area contributed by atoms with E-state index in [-0.39, 0.29) is 5.75 Å². The topological polar surface area (TPSA) is 20.2 Å². The maximum Gasteiger partial charge on any atom is 0.127 e. The number of rotatable bonds is 0. The summed E-state index contributed by atoms with van der Waals surface area (Å²) in [5.41, 5.74) is 0. The fraction of sp³-hybridized carbons (Fsp3) is 0. The van der Waals surface area contributed by atoms with Gasteiger partial charge in [0.15, 0.2) is 0 Å². The minimum absolute atomic E-state index is 0.0972. The molecule has 0 spiro atoms. The molecule has 3 heteroatoms. The van der Waals surface area contributed by atoms with E-state index in [9.17, 15) is 4.39 Å². The van der Waals surface area contributed by atoms with Crippen molar-refractivity contribution < 1.29 is 9.50 Å². The molecule has 0 amide bonds. The minimum atomic E-state index is -0.472. The molecule has 0 aromatic heterocycles. The van der Waals surface area contributed by atoms with Crippen molar-refractivity contribution in [3.63, 3.8) is 0 Å². The molecule has 1 rings (SSSR count). The van der Waals surface area contributed by atoms with E-state index in [1.54, 1.807) is 0 Å². The highest BCUT2D eigenvalue weighted by Gasteiger charge is 1.93. The van der Waals surface area contributed by atoms with E-state index in [0.29, 0.717) is 4.90 Å². The van der Waals surface area contributed by atoms with Gasteiger partial charge < -0.3 is 5.11 Å². The van der Waals surface area contributed by atoms with Crippen molar-refractivity contribution in [2.24, 2.45) is 0 Å². The van der Waals surface area contributed by atoms with Gasteiger partial charge in [0.2, 0.25) is 0 Å². The monoisotopic (exact) mass is 144 g/mol. The number of aromatic hydroxyl groups is 1. The van der Waals surface area contributed by atoms with Crippen LogP contribution in [-0.2, 0) is 0 Å². The van der Waals surface area contributed by atoms with Gasteiger partial charge in [-0.25, -0.2) is 4.39 Å². The van der Waals surface area contributed by atoms with Crippen LogP contribution in [0.3, 0.4) is 0 Å². The lowest BCUT2D eigenvalue weighted by atomic mass is 10.3. The van der Waals surface area contributed by atoms with Crippen LogP contribution < -0.4 is 0 Å². The summed E-state index contributed by atoms with van der Waals surface area (Å²) >= 11 is 3.82. The Labute approximate surface area is 57.5 Å². The number of thiol groups is 1. The Morgan fingerprint density at radius 1 is 1.33 bits per heavy atom. The smallest absolute Gasteiger partial charge is 0.127 e. The summed E-state index contributed by atoms with van der Waals surface area (Å²) in [5.74, 6) is -0.569. The fourth-order valence-corrected chi connectivity index (χ4v) is 0.815. The molecule has 0 heterocycles. The van der Waals surface area contributed by atoms with Gasteiger partial charge in [-0.2, -0.15) is 0 Å². The molecule has 9 heavy (non-hydrogen) atoms. The largest absolute Gasteiger partial charge is 0.508 e. The first-order valence-corrected chi connectivity index (χ1v) is 2.82. The Balaban J connectivity index is 3.17. The van der Waals surface area contributed by atoms with Crippen LogP contribution in [0.5, 0.6) is 5.75 Å². The van der Waals surface area contributed by atoms with Crippen LogP contribution in [0, 0.1) is 5.82 Å². The molecule has 0 aliphatic heterocycles. The van der Waals surface area contributed by atoms with Gasteiger partial charge in [-0.1, -0.05) is 0 Å². The van der Waals surface area contributed by atoms with Crippen molar-refractivity contribution in [2.45, 2.75) is 4.90 Å². The first kappa shape index (κ1) is 6.42. The summed E-state index contributed by atoms with van der Waals surface area (Å²) < 4.78 is 12.2. The molecule has 1 aromatic rings. The van der Waals surface area contributed by atoms with Crippen molar-refractivity contribution >= 4 is 12.6 Å². The quantitative estimate of drug-likeness (QED) is 0.532. The Hall–Kier alpha value is -0.700. The average molecular weight is 144 g/mol. The Morgan fingerprint density at radius 3 is 2.44 bits per heavy atom. The molecule has 1 N–H and O–H groups in total. The zero-order chi connectivity index (χ0) is 6.85. The van der Waals surface area contributed by atoms with E-state index in [2.05, 4.69) is 12.6 Å². The normalized spacial score (nSPS) is 9.56. The van der Waals surface area contributed by atoms with Crippen LogP contribution in [0.1, 0.15) is 0 Å². The predicted molar refractivity (Wildman–Crippen MR) is 35.3 cm³/mol. The highest BCUT2D eigenvalue weighted by molar-refractivity contribution is 7.80. The van der Waals surface area contributed by atoms with Crippen molar-refractivity contribution in [3.05, 3.63) is 24.0 Å². The Bertz CT molecular complexity index is 174. The fourth-order valence-electron chi connectivity index (χ4n) is 0.559. The van der Waals surface area contributed by atoms with E-state index in [1.165, 1.54) is 12.1 Å². The first-order valence-electron chi connectivity index (χ1n) is 2.37. The molecule has 1 aromatic carbocycles. The molecule has 1 nitrogen and oxygen atoms in total. The molecule has 0 radical (unpaired) electrons. The molecule has 0 saturated heterocycles. The average Bonchev–Trinajstić information content (AvgIpc) is 1.59. The summed E-state index contributed by atoms with van der Waals surface area (Å²) in [7, 11) is 0. The van der Waals surface area contributed by atoms with Gasteiger partial charge in [0.25, 0.3) is 0 Å². The Kier molecular flexibility index (Phi) is 1.62. The first-order chi connectivity index (χ1) is 4.18. The van der Waals surface area contributed by atoms with Gasteiger partial charge in [-0.15, -0.1) is 12.6 Å². The number of hydrogen-bond acceptors (Lipinski definition) is 2. The number of benzene rings is 1. The zero-order valence-electron chi connectivity index (χ0n) is 4.50. The lowest BCUT2D eigenvalue weighted by Crippen LogP contribution is -1.72. The lowest BCUT2D eigenvalue weighted by molar-refractivity contribution is 0.467. The van der Waals surface area contributed by atoms with E-state index >= 15 is 0 Å². The second-order valence-corrected chi connectivity index (χ2v) is 2.18. The molecule has 0 aliphatic carbocycles. The molecule has 0 aliphatic rings. The van der Waals surface area contributed by atoms with E-state index in [0.717, 1.165) is 6.07 Å².